The van der Waals surface area contributed by atoms with Crippen LogP contribution in [0.2, 0.25) is 0 Å². The van der Waals surface area contributed by atoms with Crippen molar-refractivity contribution in [3.05, 3.63) is 50.7 Å². The first-order valence-electron chi connectivity index (χ1n) is 9.73. The van der Waals surface area contributed by atoms with E-state index in [0.29, 0.717) is 31.2 Å². The molecule has 0 spiro atoms. The van der Waals surface area contributed by atoms with Gasteiger partial charge in [0.25, 0.3) is 5.56 Å². The predicted octanol–water partition coefficient (Wildman–Crippen LogP) is 2.49. The van der Waals surface area contributed by atoms with Crippen LogP contribution in [0.15, 0.2) is 33.9 Å². The van der Waals surface area contributed by atoms with Crippen LogP contribution in [-0.2, 0) is 13.0 Å². The number of hydrogen-bond acceptors (Lipinski definition) is 5. The number of aromatic amines is 1. The molecule has 0 atom stereocenters. The quantitative estimate of drug-likeness (QED) is 0.688. The Labute approximate surface area is 166 Å². The first-order valence-corrected chi connectivity index (χ1v) is 9.73. The molecule has 1 heterocycles. The number of nitrogens with two attached hydrogens (primary N) is 1. The third-order valence-electron chi connectivity index (χ3n) is 4.49. The van der Waals surface area contributed by atoms with Crippen LogP contribution >= 0.6 is 0 Å². The van der Waals surface area contributed by atoms with E-state index in [0.717, 1.165) is 17.7 Å². The van der Waals surface area contributed by atoms with Gasteiger partial charge < -0.3 is 15.4 Å². The highest BCUT2D eigenvalue weighted by molar-refractivity contribution is 5.62. The molecular formula is C21H32N4O3. The lowest BCUT2D eigenvalue weighted by molar-refractivity contribution is 0.414. The van der Waals surface area contributed by atoms with Crippen molar-refractivity contribution in [1.29, 1.82) is 0 Å². The highest BCUT2D eigenvalue weighted by Gasteiger charge is 2.20. The van der Waals surface area contributed by atoms with Gasteiger partial charge in [0.1, 0.15) is 17.3 Å². The number of rotatable bonds is 9. The van der Waals surface area contributed by atoms with E-state index in [9.17, 15) is 9.59 Å². The van der Waals surface area contributed by atoms with Gasteiger partial charge in [0.05, 0.1) is 7.11 Å². The van der Waals surface area contributed by atoms with Crippen molar-refractivity contribution < 1.29 is 4.74 Å². The van der Waals surface area contributed by atoms with Crippen LogP contribution in [-0.4, -0.2) is 29.8 Å². The molecule has 0 saturated heterocycles. The third kappa shape index (κ3) is 5.41. The van der Waals surface area contributed by atoms with Gasteiger partial charge in [-0.1, -0.05) is 39.8 Å². The van der Waals surface area contributed by atoms with E-state index in [4.69, 9.17) is 10.5 Å². The van der Waals surface area contributed by atoms with E-state index in [2.05, 4.69) is 18.8 Å². The first-order chi connectivity index (χ1) is 13.2. The van der Waals surface area contributed by atoms with Gasteiger partial charge in [-0.15, -0.1) is 0 Å². The number of benzene rings is 1. The lowest BCUT2D eigenvalue weighted by Crippen LogP contribution is -2.41. The smallest absolute Gasteiger partial charge is 0.330 e. The minimum Gasteiger partial charge on any atom is -0.497 e. The predicted molar refractivity (Wildman–Crippen MR) is 114 cm³/mol. The fourth-order valence-corrected chi connectivity index (χ4v) is 3.22. The molecule has 0 aliphatic carbocycles. The Morgan fingerprint density at radius 2 is 1.75 bits per heavy atom. The summed E-state index contributed by atoms with van der Waals surface area (Å²) in [4.78, 5) is 29.3. The molecule has 0 radical (unpaired) electrons. The van der Waals surface area contributed by atoms with Crippen molar-refractivity contribution in [2.75, 3.05) is 30.8 Å². The molecule has 2 rings (SSSR count). The molecule has 7 nitrogen and oxygen atoms in total. The molecule has 28 heavy (non-hydrogen) atoms. The summed E-state index contributed by atoms with van der Waals surface area (Å²) in [7, 11) is 1.64. The standard InChI is InChI=1S/C21H32N4O3/c1-14(2)12-24(11-10-16-6-8-17(28-5)9-7-16)18-19(22)25(13-15(3)4)21(27)23-20(18)26/h6-9,14-15H,10-13,22H2,1-5H3,(H,23,26,27). The number of methoxy groups -OCH3 is 1. The Balaban J connectivity index is 2.36. The summed E-state index contributed by atoms with van der Waals surface area (Å²) in [5, 5.41) is 0. The molecule has 0 fully saturated rings. The van der Waals surface area contributed by atoms with Crippen molar-refractivity contribution in [3.63, 3.8) is 0 Å². The summed E-state index contributed by atoms with van der Waals surface area (Å²) in [6.45, 7) is 9.95. The number of nitrogens with zero attached hydrogens (tertiary/aromatic N) is 2. The van der Waals surface area contributed by atoms with Crippen molar-refractivity contribution >= 4 is 11.5 Å². The monoisotopic (exact) mass is 388 g/mol. The topological polar surface area (TPSA) is 93.3 Å². The van der Waals surface area contributed by atoms with Crippen LogP contribution in [0.3, 0.4) is 0 Å². The summed E-state index contributed by atoms with van der Waals surface area (Å²) in [5.74, 6) is 1.61. The van der Waals surface area contributed by atoms with E-state index in [-0.39, 0.29) is 11.7 Å². The number of H-pyrrole nitrogens is 1. The van der Waals surface area contributed by atoms with Crippen molar-refractivity contribution in [3.8, 4) is 5.75 Å². The summed E-state index contributed by atoms with van der Waals surface area (Å²) in [6, 6.07) is 7.87. The summed E-state index contributed by atoms with van der Waals surface area (Å²) in [6.07, 6.45) is 0.749. The average molecular weight is 389 g/mol. The van der Waals surface area contributed by atoms with E-state index in [1.54, 1.807) is 7.11 Å². The largest absolute Gasteiger partial charge is 0.497 e. The van der Waals surface area contributed by atoms with Gasteiger partial charge in [0.15, 0.2) is 0 Å². The van der Waals surface area contributed by atoms with Gasteiger partial charge in [-0.3, -0.25) is 14.3 Å². The number of anilines is 2. The highest BCUT2D eigenvalue weighted by Crippen LogP contribution is 2.20. The van der Waals surface area contributed by atoms with Crippen LogP contribution < -0.4 is 26.6 Å². The van der Waals surface area contributed by atoms with Gasteiger partial charge in [0.2, 0.25) is 0 Å². The molecule has 154 valence electrons. The summed E-state index contributed by atoms with van der Waals surface area (Å²) in [5.41, 5.74) is 6.93. The third-order valence-corrected chi connectivity index (χ3v) is 4.49. The lowest BCUT2D eigenvalue weighted by Gasteiger charge is -2.28. The molecule has 1 aromatic heterocycles. The van der Waals surface area contributed by atoms with E-state index < -0.39 is 11.2 Å². The minimum atomic E-state index is -0.459. The second-order valence-corrected chi connectivity index (χ2v) is 7.94. The highest BCUT2D eigenvalue weighted by atomic mass is 16.5. The van der Waals surface area contributed by atoms with Crippen molar-refractivity contribution in [2.24, 2.45) is 11.8 Å². The first kappa shape index (κ1) is 21.6. The second-order valence-electron chi connectivity index (χ2n) is 7.94. The minimum absolute atomic E-state index is 0.233. The van der Waals surface area contributed by atoms with Gasteiger partial charge >= 0.3 is 5.69 Å². The van der Waals surface area contributed by atoms with Crippen LogP contribution in [0.1, 0.15) is 33.3 Å². The molecule has 7 heteroatoms. The number of ether oxygens (including phenoxy) is 1. The van der Waals surface area contributed by atoms with Crippen LogP contribution in [0.25, 0.3) is 0 Å². The molecule has 0 aliphatic rings. The summed E-state index contributed by atoms with van der Waals surface area (Å²) < 4.78 is 6.66. The molecule has 0 amide bonds. The van der Waals surface area contributed by atoms with E-state index in [1.165, 1.54) is 4.57 Å². The average Bonchev–Trinajstić information content (AvgIpc) is 2.62. The Hall–Kier alpha value is -2.70. The number of hydrogen-bond donors (Lipinski definition) is 2. The normalized spacial score (nSPS) is 11.2. The number of nitrogen functional groups attached to an aromatic ring is 1. The lowest BCUT2D eigenvalue weighted by atomic mass is 10.1. The molecule has 1 aromatic carbocycles. The van der Waals surface area contributed by atoms with Crippen LogP contribution in [0, 0.1) is 11.8 Å². The van der Waals surface area contributed by atoms with E-state index in [1.807, 2.05) is 43.0 Å². The zero-order chi connectivity index (χ0) is 20.8. The fraction of sp³-hybridized carbons (Fsp3) is 0.524. The Morgan fingerprint density at radius 3 is 2.29 bits per heavy atom. The van der Waals surface area contributed by atoms with Crippen molar-refractivity contribution in [1.82, 2.24) is 9.55 Å². The molecule has 0 saturated carbocycles. The molecule has 0 bridgehead atoms. The Morgan fingerprint density at radius 1 is 1.11 bits per heavy atom. The molecule has 2 aromatic rings. The zero-order valence-electron chi connectivity index (χ0n) is 17.5. The Bertz CT molecular complexity index is 882. The van der Waals surface area contributed by atoms with Gasteiger partial charge in [0, 0.05) is 19.6 Å². The maximum Gasteiger partial charge on any atom is 0.330 e. The molecule has 0 aliphatic heterocycles. The zero-order valence-corrected chi connectivity index (χ0v) is 17.5. The number of aromatic nitrogens is 2. The van der Waals surface area contributed by atoms with Gasteiger partial charge in [-0.25, -0.2) is 4.79 Å². The van der Waals surface area contributed by atoms with Gasteiger partial charge in [-0.2, -0.15) is 0 Å². The summed E-state index contributed by atoms with van der Waals surface area (Å²) >= 11 is 0. The SMILES string of the molecule is COc1ccc(CCN(CC(C)C)c2c(N)n(CC(C)C)c(=O)[nH]c2=O)cc1. The van der Waals surface area contributed by atoms with Gasteiger partial charge in [-0.05, 0) is 36.0 Å². The molecule has 0 unspecified atom stereocenters. The maximum absolute atomic E-state index is 12.6. The molecule has 3 N–H and O–H groups in total. The number of nitrogens with one attached hydrogen (secondary N) is 1. The Kier molecular flexibility index (Phi) is 7.31. The van der Waals surface area contributed by atoms with E-state index >= 15 is 0 Å². The molecular weight excluding hydrogens is 356 g/mol. The fourth-order valence-electron chi connectivity index (χ4n) is 3.22. The second kappa shape index (κ2) is 9.48. The van der Waals surface area contributed by atoms with Crippen LogP contribution in [0.5, 0.6) is 5.75 Å². The maximum atomic E-state index is 12.6. The van der Waals surface area contributed by atoms with Crippen molar-refractivity contribution in [2.45, 2.75) is 40.7 Å². The van der Waals surface area contributed by atoms with Crippen LogP contribution in [0.4, 0.5) is 11.5 Å².